The van der Waals surface area contributed by atoms with Crippen molar-refractivity contribution in [1.82, 2.24) is 24.8 Å². The van der Waals surface area contributed by atoms with Crippen molar-refractivity contribution >= 4 is 11.8 Å². The van der Waals surface area contributed by atoms with Gasteiger partial charge in [-0.2, -0.15) is 0 Å². The number of hydrogen-bond acceptors (Lipinski definition) is 7. The summed E-state index contributed by atoms with van der Waals surface area (Å²) >= 11 is 0. The van der Waals surface area contributed by atoms with Gasteiger partial charge in [0.25, 0.3) is 0 Å². The third kappa shape index (κ3) is 3.32. The second-order valence-corrected chi connectivity index (χ2v) is 4.94. The average molecular weight is 286 g/mol. The van der Waals surface area contributed by atoms with Crippen LogP contribution in [0.25, 0.3) is 0 Å². The molecular weight excluding hydrogens is 268 g/mol. The van der Waals surface area contributed by atoms with Gasteiger partial charge >= 0.3 is 0 Å². The molecule has 3 heterocycles. The molecule has 0 spiro atoms. The van der Waals surface area contributed by atoms with Gasteiger partial charge in [-0.1, -0.05) is 0 Å². The Morgan fingerprint density at radius 2 is 2.24 bits per heavy atom. The van der Waals surface area contributed by atoms with Gasteiger partial charge in [0.2, 0.25) is 5.95 Å². The number of anilines is 2. The highest BCUT2D eigenvalue weighted by Crippen LogP contribution is 2.30. The average Bonchev–Trinajstić information content (AvgIpc) is 2.97. The third-order valence-electron chi connectivity index (χ3n) is 3.57. The maximum absolute atomic E-state index is 9.14. The van der Waals surface area contributed by atoms with Crippen LogP contribution in [0, 0.1) is 0 Å². The molecule has 7 nitrogen and oxygen atoms in total. The molecule has 0 aromatic carbocycles. The van der Waals surface area contributed by atoms with Crippen molar-refractivity contribution in [3.63, 3.8) is 0 Å². The van der Waals surface area contributed by atoms with Gasteiger partial charge in [0.15, 0.2) is 5.82 Å². The lowest BCUT2D eigenvalue weighted by Gasteiger charge is -2.23. The largest absolute Gasteiger partial charge is 0.395 e. The molecule has 0 saturated carbocycles. The summed E-state index contributed by atoms with van der Waals surface area (Å²) in [6.45, 7) is 1.86. The Morgan fingerprint density at radius 3 is 3.05 bits per heavy atom. The number of hydrogen-bond donors (Lipinski definition) is 2. The van der Waals surface area contributed by atoms with Gasteiger partial charge in [0.1, 0.15) is 0 Å². The van der Waals surface area contributed by atoms with Crippen LogP contribution in [0.3, 0.4) is 0 Å². The minimum atomic E-state index is 0.173. The van der Waals surface area contributed by atoms with Crippen molar-refractivity contribution in [2.45, 2.75) is 18.9 Å². The lowest BCUT2D eigenvalue weighted by Crippen LogP contribution is -2.27. The van der Waals surface area contributed by atoms with Crippen LogP contribution in [0.15, 0.2) is 30.9 Å². The standard InChI is InChI=1S/C14H18N6O/c21-9-8-20-7-1-2-12(20)11-3-4-17-14(18-11)19-13-10-15-5-6-16-13/h3-6,10,12,21H,1-2,7-9H2,(H,16,17,18,19)/t12-/m1/s1. The van der Waals surface area contributed by atoms with Crippen LogP contribution in [-0.4, -0.2) is 49.6 Å². The first-order chi connectivity index (χ1) is 10.4. The highest BCUT2D eigenvalue weighted by molar-refractivity contribution is 5.45. The molecule has 1 aliphatic heterocycles. The van der Waals surface area contributed by atoms with E-state index in [1.807, 2.05) is 6.07 Å². The van der Waals surface area contributed by atoms with Crippen molar-refractivity contribution in [3.05, 3.63) is 36.5 Å². The van der Waals surface area contributed by atoms with Gasteiger partial charge in [-0.3, -0.25) is 9.88 Å². The van der Waals surface area contributed by atoms with Crippen molar-refractivity contribution in [1.29, 1.82) is 0 Å². The summed E-state index contributed by atoms with van der Waals surface area (Å²) in [5.74, 6) is 1.14. The Labute approximate surface area is 123 Å². The first-order valence-corrected chi connectivity index (χ1v) is 7.08. The fourth-order valence-electron chi connectivity index (χ4n) is 2.65. The number of aliphatic hydroxyl groups is 1. The minimum Gasteiger partial charge on any atom is -0.395 e. The van der Waals surface area contributed by atoms with E-state index in [4.69, 9.17) is 5.11 Å². The fraction of sp³-hybridized carbons (Fsp3) is 0.429. The summed E-state index contributed by atoms with van der Waals surface area (Å²) in [6, 6.07) is 2.19. The molecule has 2 aromatic heterocycles. The molecular formula is C14H18N6O. The zero-order valence-corrected chi connectivity index (χ0v) is 11.7. The zero-order chi connectivity index (χ0) is 14.5. The van der Waals surface area contributed by atoms with E-state index in [-0.39, 0.29) is 12.6 Å². The van der Waals surface area contributed by atoms with Crippen LogP contribution in [0.1, 0.15) is 24.6 Å². The second-order valence-electron chi connectivity index (χ2n) is 4.94. The summed E-state index contributed by atoms with van der Waals surface area (Å²) < 4.78 is 0. The minimum absolute atomic E-state index is 0.173. The van der Waals surface area contributed by atoms with E-state index in [2.05, 4.69) is 30.2 Å². The first-order valence-electron chi connectivity index (χ1n) is 7.08. The molecule has 0 amide bonds. The first kappa shape index (κ1) is 13.8. The molecule has 7 heteroatoms. The Hall–Kier alpha value is -2.12. The van der Waals surface area contributed by atoms with Gasteiger partial charge < -0.3 is 10.4 Å². The van der Waals surface area contributed by atoms with Crippen LogP contribution in [0.4, 0.5) is 11.8 Å². The molecule has 2 aromatic rings. The number of aliphatic hydroxyl groups excluding tert-OH is 1. The Morgan fingerprint density at radius 1 is 1.29 bits per heavy atom. The molecule has 1 atom stereocenters. The van der Waals surface area contributed by atoms with E-state index < -0.39 is 0 Å². The van der Waals surface area contributed by atoms with E-state index in [1.54, 1.807) is 24.8 Å². The Kier molecular flexibility index (Phi) is 4.32. The molecule has 110 valence electrons. The smallest absolute Gasteiger partial charge is 0.228 e. The molecule has 1 fully saturated rings. The van der Waals surface area contributed by atoms with Crippen molar-refractivity contribution < 1.29 is 5.11 Å². The van der Waals surface area contributed by atoms with Crippen molar-refractivity contribution in [3.8, 4) is 0 Å². The van der Waals surface area contributed by atoms with Gasteiger partial charge in [0, 0.05) is 25.1 Å². The lowest BCUT2D eigenvalue weighted by molar-refractivity contribution is 0.183. The van der Waals surface area contributed by atoms with Crippen LogP contribution < -0.4 is 5.32 Å². The molecule has 1 aliphatic rings. The van der Waals surface area contributed by atoms with Crippen molar-refractivity contribution in [2.75, 3.05) is 25.0 Å². The normalized spacial score (nSPS) is 18.8. The quantitative estimate of drug-likeness (QED) is 0.852. The molecule has 0 unspecified atom stereocenters. The molecule has 1 saturated heterocycles. The predicted molar refractivity (Wildman–Crippen MR) is 78.0 cm³/mol. The van der Waals surface area contributed by atoms with E-state index in [0.29, 0.717) is 18.3 Å². The van der Waals surface area contributed by atoms with Crippen molar-refractivity contribution in [2.24, 2.45) is 0 Å². The molecule has 3 rings (SSSR count). The van der Waals surface area contributed by atoms with Crippen LogP contribution in [0.2, 0.25) is 0 Å². The summed E-state index contributed by atoms with van der Waals surface area (Å²) in [4.78, 5) is 19.2. The van der Waals surface area contributed by atoms with E-state index >= 15 is 0 Å². The maximum atomic E-state index is 9.14. The maximum Gasteiger partial charge on any atom is 0.228 e. The summed E-state index contributed by atoms with van der Waals surface area (Å²) in [7, 11) is 0. The van der Waals surface area contributed by atoms with E-state index in [1.165, 1.54) is 0 Å². The highest BCUT2D eigenvalue weighted by atomic mass is 16.3. The second kappa shape index (κ2) is 6.55. The number of likely N-dealkylation sites (tertiary alicyclic amines) is 1. The van der Waals surface area contributed by atoms with Gasteiger partial charge in [-0.15, -0.1) is 0 Å². The Bertz CT molecular complexity index is 579. The number of rotatable bonds is 5. The third-order valence-corrected chi connectivity index (χ3v) is 3.57. The molecule has 0 radical (unpaired) electrons. The van der Waals surface area contributed by atoms with E-state index in [9.17, 15) is 0 Å². The van der Waals surface area contributed by atoms with Crippen LogP contribution in [-0.2, 0) is 0 Å². The number of β-amino-alcohol motifs (C(OH)–C–C–N with tert-alkyl or cyclic N) is 1. The lowest BCUT2D eigenvalue weighted by atomic mass is 10.1. The molecule has 2 N–H and O–H groups in total. The topological polar surface area (TPSA) is 87.1 Å². The molecule has 0 aliphatic carbocycles. The zero-order valence-electron chi connectivity index (χ0n) is 11.7. The molecule has 21 heavy (non-hydrogen) atoms. The van der Waals surface area contributed by atoms with E-state index in [0.717, 1.165) is 25.1 Å². The van der Waals surface area contributed by atoms with Gasteiger partial charge in [0.05, 0.1) is 24.5 Å². The summed E-state index contributed by atoms with van der Waals surface area (Å²) in [5.41, 5.74) is 0.974. The number of nitrogens with zero attached hydrogens (tertiary/aromatic N) is 5. The summed E-state index contributed by atoms with van der Waals surface area (Å²) in [5, 5.41) is 12.2. The van der Waals surface area contributed by atoms with Gasteiger partial charge in [-0.05, 0) is 25.5 Å². The van der Waals surface area contributed by atoms with Gasteiger partial charge in [-0.25, -0.2) is 15.0 Å². The summed E-state index contributed by atoms with van der Waals surface area (Å²) in [6.07, 6.45) is 8.79. The predicted octanol–water partition coefficient (Wildman–Crippen LogP) is 1.14. The number of aromatic nitrogens is 4. The SMILES string of the molecule is OCCN1CCC[C@@H]1c1ccnc(Nc2cnccn2)n1. The highest BCUT2D eigenvalue weighted by Gasteiger charge is 2.26. The van der Waals surface area contributed by atoms with Crippen LogP contribution in [0.5, 0.6) is 0 Å². The Balaban J connectivity index is 1.77. The number of nitrogens with one attached hydrogen (secondary N) is 1. The monoisotopic (exact) mass is 286 g/mol. The fourth-order valence-corrected chi connectivity index (χ4v) is 2.65. The van der Waals surface area contributed by atoms with Crippen LogP contribution >= 0.6 is 0 Å². The molecule has 0 bridgehead atoms.